The number of halogens is 2. The number of likely N-dealkylation sites (tertiary alicyclic amines) is 1. The second kappa shape index (κ2) is 7.21. The predicted octanol–water partition coefficient (Wildman–Crippen LogP) is 3.29. The number of carbonyl (C=O) groups excluding carboxylic acids is 3. The number of carbonyl (C=O) groups is 3. The minimum Gasteiger partial charge on any atom is -0.322 e. The summed E-state index contributed by atoms with van der Waals surface area (Å²) in [5.74, 6) is -0.687. The van der Waals surface area contributed by atoms with Gasteiger partial charge in [-0.2, -0.15) is 0 Å². The van der Waals surface area contributed by atoms with Crippen molar-refractivity contribution < 1.29 is 14.4 Å². The Labute approximate surface area is 153 Å². The van der Waals surface area contributed by atoms with E-state index in [-0.39, 0.29) is 52.8 Å². The summed E-state index contributed by atoms with van der Waals surface area (Å²) in [5.41, 5.74) is 1.66. The average Bonchev–Trinajstić information content (AvgIpc) is 2.91. The minimum atomic E-state index is -0.372. The van der Waals surface area contributed by atoms with Gasteiger partial charge in [-0.3, -0.25) is 19.3 Å². The molecule has 3 rings (SSSR count). The Kier molecular flexibility index (Phi) is 5.01. The van der Waals surface area contributed by atoms with Crippen molar-refractivity contribution in [2.45, 2.75) is 19.4 Å². The first-order chi connectivity index (χ1) is 11.9. The topological polar surface area (TPSA) is 79.4 Å². The van der Waals surface area contributed by atoms with E-state index in [1.807, 2.05) is 0 Å². The molecule has 25 heavy (non-hydrogen) atoms. The molecule has 6 nitrogen and oxygen atoms in total. The summed E-state index contributed by atoms with van der Waals surface area (Å²) >= 11 is 11.6. The molecule has 1 saturated heterocycles. The van der Waals surface area contributed by atoms with Gasteiger partial charge in [-0.25, -0.2) is 4.98 Å². The van der Waals surface area contributed by atoms with E-state index in [9.17, 15) is 14.4 Å². The maximum absolute atomic E-state index is 12.2. The van der Waals surface area contributed by atoms with Crippen LogP contribution in [0.3, 0.4) is 0 Å². The lowest BCUT2D eigenvalue weighted by molar-refractivity contribution is -0.139. The Morgan fingerprint density at radius 2 is 1.76 bits per heavy atom. The van der Waals surface area contributed by atoms with Gasteiger partial charge in [0.25, 0.3) is 5.91 Å². The molecule has 0 aliphatic carbocycles. The van der Waals surface area contributed by atoms with Crippen molar-refractivity contribution in [2.75, 3.05) is 5.32 Å². The van der Waals surface area contributed by atoms with Crippen LogP contribution in [0.25, 0.3) is 0 Å². The van der Waals surface area contributed by atoms with Gasteiger partial charge in [0.1, 0.15) is 5.15 Å². The molecule has 1 aliphatic heterocycles. The van der Waals surface area contributed by atoms with E-state index in [1.165, 1.54) is 17.2 Å². The van der Waals surface area contributed by atoms with Crippen molar-refractivity contribution in [3.05, 3.63) is 57.8 Å². The molecule has 0 radical (unpaired) electrons. The van der Waals surface area contributed by atoms with Crippen LogP contribution >= 0.6 is 23.2 Å². The summed E-state index contributed by atoms with van der Waals surface area (Å²) in [6.45, 7) is 0.239. The summed E-state index contributed by atoms with van der Waals surface area (Å²) in [6, 6.07) is 8.33. The van der Waals surface area contributed by atoms with Crippen molar-refractivity contribution in [1.29, 1.82) is 0 Å². The largest absolute Gasteiger partial charge is 0.322 e. The van der Waals surface area contributed by atoms with Gasteiger partial charge >= 0.3 is 0 Å². The van der Waals surface area contributed by atoms with Crippen molar-refractivity contribution in [2.24, 2.45) is 0 Å². The Balaban J connectivity index is 1.66. The van der Waals surface area contributed by atoms with Crippen LogP contribution in [0, 0.1) is 0 Å². The molecule has 2 aromatic rings. The number of rotatable bonds is 4. The number of hydrogen-bond acceptors (Lipinski definition) is 4. The number of anilines is 1. The molecule has 0 saturated carbocycles. The lowest BCUT2D eigenvalue weighted by Gasteiger charge is -2.14. The lowest BCUT2D eigenvalue weighted by atomic mass is 10.2. The first kappa shape index (κ1) is 17.4. The van der Waals surface area contributed by atoms with Gasteiger partial charge in [0, 0.05) is 24.7 Å². The second-order valence-electron chi connectivity index (χ2n) is 5.52. The average molecular weight is 378 g/mol. The number of aromatic nitrogens is 1. The van der Waals surface area contributed by atoms with E-state index in [4.69, 9.17) is 23.2 Å². The third-order valence-electron chi connectivity index (χ3n) is 3.77. The van der Waals surface area contributed by atoms with Crippen molar-refractivity contribution in [3.8, 4) is 0 Å². The smallest absolute Gasteiger partial charge is 0.257 e. The van der Waals surface area contributed by atoms with Crippen LogP contribution < -0.4 is 5.32 Å². The minimum absolute atomic E-state index is 0.133. The normalized spacial score (nSPS) is 14.1. The fourth-order valence-corrected chi connectivity index (χ4v) is 2.69. The Morgan fingerprint density at radius 3 is 2.36 bits per heavy atom. The molecular formula is C17H13Cl2N3O3. The quantitative estimate of drug-likeness (QED) is 0.654. The molecule has 0 spiro atoms. The Morgan fingerprint density at radius 1 is 1.12 bits per heavy atom. The molecule has 0 unspecified atom stereocenters. The van der Waals surface area contributed by atoms with Gasteiger partial charge in [-0.05, 0) is 23.8 Å². The van der Waals surface area contributed by atoms with E-state index < -0.39 is 0 Å². The first-order valence-corrected chi connectivity index (χ1v) is 8.24. The lowest BCUT2D eigenvalue weighted by Crippen LogP contribution is -2.28. The molecule has 3 amide bonds. The van der Waals surface area contributed by atoms with Gasteiger partial charge in [0.15, 0.2) is 0 Å². The van der Waals surface area contributed by atoms with E-state index in [1.54, 1.807) is 24.3 Å². The van der Waals surface area contributed by atoms with Crippen molar-refractivity contribution in [1.82, 2.24) is 9.88 Å². The van der Waals surface area contributed by atoms with Gasteiger partial charge < -0.3 is 5.32 Å². The van der Waals surface area contributed by atoms with Gasteiger partial charge in [0.05, 0.1) is 17.1 Å². The molecule has 2 heterocycles. The van der Waals surface area contributed by atoms with Gasteiger partial charge in [-0.15, -0.1) is 0 Å². The highest BCUT2D eigenvalue weighted by Gasteiger charge is 2.28. The number of nitrogens with zero attached hydrogens (tertiary/aromatic N) is 2. The molecule has 1 fully saturated rings. The molecule has 8 heteroatoms. The molecule has 1 aromatic heterocycles. The zero-order chi connectivity index (χ0) is 18.0. The van der Waals surface area contributed by atoms with Crippen LogP contribution in [0.15, 0.2) is 36.5 Å². The van der Waals surface area contributed by atoms with Crippen molar-refractivity contribution in [3.63, 3.8) is 0 Å². The third kappa shape index (κ3) is 3.97. The number of imide groups is 1. The number of pyridine rings is 1. The molecule has 0 bridgehead atoms. The monoisotopic (exact) mass is 377 g/mol. The van der Waals surface area contributed by atoms with E-state index >= 15 is 0 Å². The molecule has 1 aromatic carbocycles. The van der Waals surface area contributed by atoms with Crippen LogP contribution in [0.1, 0.15) is 28.8 Å². The van der Waals surface area contributed by atoms with Crippen LogP contribution in [0.4, 0.5) is 5.69 Å². The fourth-order valence-electron chi connectivity index (χ4n) is 2.42. The van der Waals surface area contributed by atoms with E-state index in [0.29, 0.717) is 5.69 Å². The highest BCUT2D eigenvalue weighted by molar-refractivity contribution is 6.41. The van der Waals surface area contributed by atoms with Gasteiger partial charge in [-0.1, -0.05) is 35.3 Å². The molecule has 1 N–H and O–H groups in total. The zero-order valence-electron chi connectivity index (χ0n) is 13.0. The molecule has 1 aliphatic rings. The number of amides is 3. The third-order valence-corrected chi connectivity index (χ3v) is 4.45. The van der Waals surface area contributed by atoms with E-state index in [2.05, 4.69) is 10.3 Å². The second-order valence-corrected chi connectivity index (χ2v) is 6.29. The number of benzene rings is 1. The SMILES string of the molecule is O=C(Nc1ccc(CN2C(=O)CCC2=O)cc1)c1cnc(Cl)c(Cl)c1. The highest BCUT2D eigenvalue weighted by atomic mass is 35.5. The Bertz CT molecular complexity index is 837. The summed E-state index contributed by atoms with van der Waals surface area (Å²) < 4.78 is 0. The van der Waals surface area contributed by atoms with Crippen LogP contribution in [0.5, 0.6) is 0 Å². The van der Waals surface area contributed by atoms with Crippen LogP contribution in [0.2, 0.25) is 10.2 Å². The van der Waals surface area contributed by atoms with Gasteiger partial charge in [0.2, 0.25) is 11.8 Å². The first-order valence-electron chi connectivity index (χ1n) is 7.48. The zero-order valence-corrected chi connectivity index (χ0v) is 14.5. The number of hydrogen-bond donors (Lipinski definition) is 1. The van der Waals surface area contributed by atoms with Crippen molar-refractivity contribution >= 4 is 46.6 Å². The molecule has 0 atom stereocenters. The molecule has 128 valence electrons. The fraction of sp³-hybridized carbons (Fsp3) is 0.176. The van der Waals surface area contributed by atoms with E-state index in [0.717, 1.165) is 5.56 Å². The number of nitrogens with one attached hydrogen (secondary N) is 1. The summed E-state index contributed by atoms with van der Waals surface area (Å²) in [4.78, 5) is 40.5. The maximum Gasteiger partial charge on any atom is 0.257 e. The highest BCUT2D eigenvalue weighted by Crippen LogP contribution is 2.21. The predicted molar refractivity (Wildman–Crippen MR) is 93.4 cm³/mol. The summed E-state index contributed by atoms with van der Waals surface area (Å²) in [7, 11) is 0. The van der Waals surface area contributed by atoms with Crippen LogP contribution in [-0.2, 0) is 16.1 Å². The summed E-state index contributed by atoms with van der Waals surface area (Å²) in [6.07, 6.45) is 1.87. The standard InChI is InChI=1S/C17H13Cl2N3O3/c18-13-7-11(8-20-16(13)19)17(25)21-12-3-1-10(2-4-12)9-22-14(23)5-6-15(22)24/h1-4,7-8H,5-6,9H2,(H,21,25). The summed E-state index contributed by atoms with van der Waals surface area (Å²) in [5, 5.41) is 3.05. The maximum atomic E-state index is 12.2. The molecular weight excluding hydrogens is 365 g/mol. The Hall–Kier alpha value is -2.44. The van der Waals surface area contributed by atoms with Crippen LogP contribution in [-0.4, -0.2) is 27.6 Å².